The van der Waals surface area contributed by atoms with E-state index in [2.05, 4.69) is 124 Å². The highest BCUT2D eigenvalue weighted by molar-refractivity contribution is 7.23. The molecule has 16 aromatic heterocycles. The van der Waals surface area contributed by atoms with Crippen LogP contribution in [0.1, 0.15) is 159 Å². The van der Waals surface area contributed by atoms with E-state index in [1.807, 2.05) is 142 Å². The third-order valence-electron chi connectivity index (χ3n) is 21.9. The number of nitrogen functional groups attached to an aromatic ring is 6. The zero-order chi connectivity index (χ0) is 96.3. The number of hydrogen-bond acceptors (Lipinski definition) is 39. The van der Waals surface area contributed by atoms with Gasteiger partial charge in [-0.05, 0) is 181 Å². The summed E-state index contributed by atoms with van der Waals surface area (Å²) >= 11 is 9.04. The lowest BCUT2D eigenvalue weighted by molar-refractivity contribution is 0.0946. The van der Waals surface area contributed by atoms with Crippen molar-refractivity contribution in [2.24, 2.45) is 0 Å². The van der Waals surface area contributed by atoms with Crippen molar-refractivity contribution in [3.63, 3.8) is 0 Å². The van der Waals surface area contributed by atoms with E-state index in [9.17, 15) is 28.8 Å². The Hall–Kier alpha value is -15.3. The third kappa shape index (κ3) is 21.3. The zero-order valence-electron chi connectivity index (χ0n) is 75.0. The van der Waals surface area contributed by atoms with E-state index < -0.39 is 0 Å². The number of carbonyl (C=O) groups excluding carboxylic acids is 6. The second kappa shape index (κ2) is 42.3. The smallest absolute Gasteiger partial charge is 0.263 e. The Kier molecular flexibility index (Phi) is 29.6. The first-order valence-electron chi connectivity index (χ1n) is 41.8. The number of thiazole rings is 1. The largest absolute Gasteiger partial charge is 0.493 e. The number of aryl methyl sites for hydroxylation is 11. The number of ether oxygens (including phenoxy) is 3. The second-order valence-corrected chi connectivity index (χ2v) is 37.8. The van der Waals surface area contributed by atoms with Crippen LogP contribution in [0.25, 0.3) is 61.3 Å². The molecule has 45 heteroatoms. The summed E-state index contributed by atoms with van der Waals surface area (Å²) in [6.45, 7) is 24.2. The monoisotopic (exact) mass is 1960 g/mol. The maximum Gasteiger partial charge on any atom is 0.263 e. The number of benzene rings is 2. The van der Waals surface area contributed by atoms with Gasteiger partial charge in [-0.2, -0.15) is 30.6 Å². The highest BCUT2D eigenvalue weighted by Crippen LogP contribution is 2.42. The van der Waals surface area contributed by atoms with Gasteiger partial charge in [-0.15, -0.1) is 110 Å². The first-order chi connectivity index (χ1) is 65.5. The van der Waals surface area contributed by atoms with Gasteiger partial charge in [0.2, 0.25) is 6.79 Å². The Balaban J connectivity index is 0.000000124. The van der Waals surface area contributed by atoms with E-state index in [0.717, 1.165) is 140 Å². The van der Waals surface area contributed by atoms with Gasteiger partial charge in [0.05, 0.1) is 101 Å². The lowest BCUT2D eigenvalue weighted by Crippen LogP contribution is -2.23. The van der Waals surface area contributed by atoms with Crippen LogP contribution in [0.2, 0.25) is 0 Å². The standard InChI is InChI=1S/C18H18N4O2S.C16H17N5OS.C15H15N5OS.C15H12N4O3S.C14H14N6OS.C13H13N5OS2/c1-9-10(2)21-22-18-14(9)15(19)16(25-18)17(23)20-8-11-3-4-13-12(7-11)5-6-24-13;1-8-6-11(4-5-18-8)7-19-15(22)14-13(17)12-9(2)10(3)20-21-16(12)23-14;1-8-9(2)19-20-15-11(8)12(16)13(22-15)14(21)18-7-10-5-3-4-6-17-10;16-12-9-3-4-18-19-15(9)23-13(12)14(20)17-6-8-1-2-10-11(5-8)22-7-21-10;1-7-8(2)19-20-14-10(7)11(15)12(22-14)13(21)18-6-9-16-4-3-5-17-9;1-6-7(2)17-18-13-9(6)10(14)11(21-13)12(19)16-5-8-15-3-4-20-8/h3-4,7H,5-6,8,19H2,1-2H3,(H,20,23);4-6H,7,17H2,1-3H3,(H,19,22);3-6H,7,16H2,1-2H3,(H,18,21);1-5H,6-7,16H2,(H,17,20);3-5H,6,15H2,1-2H3,(H,18,21);3-4H,5,14H2,1-2H3,(H,16,19). The number of carbonyl (C=O) groups is 6. The minimum absolute atomic E-state index is 0.186. The summed E-state index contributed by atoms with van der Waals surface area (Å²) in [5.74, 6) is 1.59. The summed E-state index contributed by atoms with van der Waals surface area (Å²) in [5.41, 5.74) is 54.4. The molecule has 0 radical (unpaired) electrons. The van der Waals surface area contributed by atoms with Crippen molar-refractivity contribution < 1.29 is 43.0 Å². The molecule has 2 aromatic carbocycles. The number of nitrogens with two attached hydrogens (primary N) is 6. The molecule has 0 aliphatic carbocycles. The van der Waals surface area contributed by atoms with Gasteiger partial charge in [-0.3, -0.25) is 38.7 Å². The number of rotatable bonds is 18. The van der Waals surface area contributed by atoms with Gasteiger partial charge in [0, 0.05) is 100 Å². The second-order valence-electron chi connectivity index (χ2n) is 30.8. The third-order valence-corrected chi connectivity index (χ3v) is 29.2. The summed E-state index contributed by atoms with van der Waals surface area (Å²) in [5, 5.41) is 73.5. The van der Waals surface area contributed by atoms with Crippen LogP contribution in [-0.4, -0.2) is 135 Å². The summed E-state index contributed by atoms with van der Waals surface area (Å²) in [4.78, 5) is 102. The summed E-state index contributed by atoms with van der Waals surface area (Å²) < 4.78 is 16.1. The first kappa shape index (κ1) is 95.3. The molecule has 2 aliphatic rings. The minimum Gasteiger partial charge on any atom is -0.493 e. The van der Waals surface area contributed by atoms with Crippen molar-refractivity contribution in [3.05, 3.63) is 251 Å². The fraction of sp³-hybridized carbons (Fsp3) is 0.220. The van der Waals surface area contributed by atoms with Crippen molar-refractivity contribution in [1.29, 1.82) is 0 Å². The van der Waals surface area contributed by atoms with Crippen LogP contribution < -0.4 is 80.5 Å². The topological polar surface area (TPSA) is 578 Å². The van der Waals surface area contributed by atoms with Crippen molar-refractivity contribution in [1.82, 2.24) is 118 Å². The highest BCUT2D eigenvalue weighted by atomic mass is 32.1. The van der Waals surface area contributed by atoms with E-state index in [-0.39, 0.29) is 48.8 Å². The van der Waals surface area contributed by atoms with Crippen LogP contribution in [-0.2, 0) is 45.7 Å². The quantitative estimate of drug-likeness (QED) is 0.0379. The minimum atomic E-state index is -0.259. The van der Waals surface area contributed by atoms with Gasteiger partial charge >= 0.3 is 0 Å². The van der Waals surface area contributed by atoms with E-state index in [1.54, 1.807) is 49.3 Å². The predicted octanol–water partition coefficient (Wildman–Crippen LogP) is 13.3. The number of aromatic nitrogens is 17. The molecule has 0 saturated heterocycles. The van der Waals surface area contributed by atoms with Crippen molar-refractivity contribution in [2.45, 2.75) is 122 Å². The number of nitrogens with one attached hydrogen (secondary N) is 6. The van der Waals surface area contributed by atoms with E-state index in [1.165, 1.54) is 84.9 Å². The number of fused-ring (bicyclic) bond motifs is 8. The summed E-state index contributed by atoms with van der Waals surface area (Å²) in [6, 6.07) is 24.4. The van der Waals surface area contributed by atoms with Crippen molar-refractivity contribution in [2.75, 3.05) is 47.8 Å². The molecule has 0 fully saturated rings. The van der Waals surface area contributed by atoms with Gasteiger partial charge in [-0.1, -0.05) is 24.3 Å². The zero-order valence-corrected chi connectivity index (χ0v) is 80.7. The van der Waals surface area contributed by atoms with Crippen molar-refractivity contribution >= 4 is 210 Å². The molecule has 136 heavy (non-hydrogen) atoms. The molecule has 18 aromatic rings. The maximum absolute atomic E-state index is 12.6. The lowest BCUT2D eigenvalue weighted by atomic mass is 10.1. The van der Waals surface area contributed by atoms with Gasteiger partial charge in [0.1, 0.15) is 74.8 Å². The molecule has 0 atom stereocenters. The normalized spacial score (nSPS) is 11.5. The van der Waals surface area contributed by atoms with E-state index in [0.29, 0.717) is 142 Å². The predicted molar refractivity (Wildman–Crippen MR) is 531 cm³/mol. The first-order valence-corrected chi connectivity index (χ1v) is 47.6. The van der Waals surface area contributed by atoms with E-state index in [4.69, 9.17) is 48.6 Å². The maximum atomic E-state index is 12.6. The van der Waals surface area contributed by atoms with Crippen LogP contribution >= 0.6 is 79.4 Å². The molecule has 6 amide bonds. The number of hydrogen-bond donors (Lipinski definition) is 12. The average molecular weight is 1960 g/mol. The number of amides is 6. The Morgan fingerprint density at radius 2 is 0.743 bits per heavy atom. The van der Waals surface area contributed by atoms with Crippen LogP contribution in [0.15, 0.2) is 121 Å². The fourth-order valence-electron chi connectivity index (χ4n) is 14.0. The highest BCUT2D eigenvalue weighted by Gasteiger charge is 2.28. The van der Waals surface area contributed by atoms with Crippen LogP contribution in [0, 0.1) is 76.2 Å². The fourth-order valence-corrected chi connectivity index (χ4v) is 20.6. The number of nitrogens with zero attached hydrogens (tertiary/aromatic N) is 17. The molecule has 2 aliphatic heterocycles. The lowest BCUT2D eigenvalue weighted by Gasteiger charge is -2.06. The Bertz CT molecular complexity index is 7450. The molecule has 18 heterocycles. The molecular weight excluding hydrogens is 1870 g/mol. The average Bonchev–Trinajstić information content (AvgIpc) is 1.64. The van der Waals surface area contributed by atoms with Gasteiger partial charge in [0.25, 0.3) is 35.4 Å². The molecule has 0 unspecified atom stereocenters. The van der Waals surface area contributed by atoms with Crippen LogP contribution in [0.5, 0.6) is 17.2 Å². The Morgan fingerprint density at radius 3 is 1.18 bits per heavy atom. The summed E-state index contributed by atoms with van der Waals surface area (Å²) in [7, 11) is 0. The molecular formula is C91H89N29O9S7. The molecule has 18 N–H and O–H groups in total. The molecule has 694 valence electrons. The number of thiophene rings is 6. The van der Waals surface area contributed by atoms with Crippen LogP contribution in [0.4, 0.5) is 34.1 Å². The molecule has 20 rings (SSSR count). The Morgan fingerprint density at radius 1 is 0.338 bits per heavy atom. The number of pyridine rings is 2. The van der Waals surface area contributed by atoms with Crippen molar-refractivity contribution in [3.8, 4) is 17.2 Å². The Labute approximate surface area is 803 Å². The van der Waals surface area contributed by atoms with E-state index >= 15 is 0 Å². The van der Waals surface area contributed by atoms with Gasteiger partial charge in [0.15, 0.2) is 11.5 Å². The summed E-state index contributed by atoms with van der Waals surface area (Å²) in [6.07, 6.45) is 10.9. The molecule has 38 nitrogen and oxygen atoms in total. The van der Waals surface area contributed by atoms with Gasteiger partial charge in [-0.25, -0.2) is 15.0 Å². The molecule has 0 saturated carbocycles. The number of anilines is 6. The molecule has 0 bridgehead atoms. The van der Waals surface area contributed by atoms with Gasteiger partial charge < -0.3 is 80.5 Å². The molecule has 0 spiro atoms. The SMILES string of the molecule is Cc1cc(CNC(=O)c2sc3nnc(C)c(C)c3c2N)ccn1.Cc1nnc2sc(C(=O)NCc3ccc4c(c3)CCO4)c(N)c2c1C.Cc1nnc2sc(C(=O)NCc3ccccn3)c(N)c2c1C.Cc1nnc2sc(C(=O)NCc3ncccn3)c(N)c2c1C.Cc1nnc2sc(C(=O)NCc3nccs3)c(N)c2c1C.Nc1c(C(=O)NCc2ccc3c(c2)OCO3)sc2nnccc12. The van der Waals surface area contributed by atoms with Crippen LogP contribution in [0.3, 0.4) is 0 Å².